The third kappa shape index (κ3) is 10.3. The topological polar surface area (TPSA) is 189 Å². The summed E-state index contributed by atoms with van der Waals surface area (Å²) in [5.41, 5.74) is -1.78. The summed E-state index contributed by atoms with van der Waals surface area (Å²) in [4.78, 5) is 64.8. The highest BCUT2D eigenvalue weighted by atomic mass is 32.2. The van der Waals surface area contributed by atoms with Crippen LogP contribution in [0.3, 0.4) is 0 Å². The molecule has 0 radical (unpaired) electrons. The fourth-order valence-corrected chi connectivity index (χ4v) is 8.96. The summed E-state index contributed by atoms with van der Waals surface area (Å²) in [6.07, 6.45) is -3.43. The zero-order chi connectivity index (χ0) is 42.4. The number of amides is 4. The lowest BCUT2D eigenvalue weighted by atomic mass is 10.1. The molecule has 4 aliphatic rings. The van der Waals surface area contributed by atoms with Crippen molar-refractivity contribution in [3.05, 3.63) is 24.3 Å². The number of hydrogen-bond acceptors (Lipinski definition) is 12. The van der Waals surface area contributed by atoms with Crippen LogP contribution in [-0.4, -0.2) is 129 Å². The normalized spacial score (nSPS) is 26.3. The number of fused-ring (bicyclic) bond motifs is 3. The van der Waals surface area contributed by atoms with Gasteiger partial charge in [0.15, 0.2) is 0 Å². The largest absolute Gasteiger partial charge is 0.574 e. The molecule has 3 N–H and O–H groups in total. The average Bonchev–Trinajstić information content (AvgIpc) is 4.02. The number of pyridine rings is 1. The summed E-state index contributed by atoms with van der Waals surface area (Å²) in [5.74, 6) is -3.68. The monoisotopic (exact) mass is 839 g/mol. The molecule has 0 spiro atoms. The van der Waals surface area contributed by atoms with Crippen LogP contribution < -0.4 is 29.7 Å². The Kier molecular flexibility index (Phi) is 12.0. The molecular weight excluding hydrogens is 788 g/mol. The standard InChI is InChI=1S/C38H52F3N7O9S/c1-36(2,3)57-35(52)42-28-21-47(6)15-9-7-8-10-23-19-37(23,34(51)45-58(53,54)26-12-13-26)44-31(49)29-18-25(20-48(29)33(28)50)55-32-27-14-11-24(46(4)5)16-22(27)17-30(43-32)56-38(39,40)41/h11,14,16-17,23,25-26,28-29H,7-10,12-13,15,18-21H2,1-6H3,(H,42,52)(H,44,49)(H,45,51)/t23-,25-,28+,29+,37-/m1/s1. The number of aromatic nitrogens is 1. The Labute approximate surface area is 335 Å². The third-order valence-electron chi connectivity index (χ3n) is 10.8. The Balaban J connectivity index is 1.36. The fraction of sp³-hybridized carbons (Fsp3) is 0.658. The minimum Gasteiger partial charge on any atom is -0.472 e. The van der Waals surface area contributed by atoms with E-state index in [-0.39, 0.29) is 37.7 Å². The molecule has 6 rings (SSSR count). The van der Waals surface area contributed by atoms with Crippen LogP contribution in [0.15, 0.2) is 24.3 Å². The van der Waals surface area contributed by atoms with E-state index in [9.17, 15) is 40.8 Å². The summed E-state index contributed by atoms with van der Waals surface area (Å²) in [6, 6.07) is 3.57. The number of alkyl halides is 3. The maximum Gasteiger partial charge on any atom is 0.574 e. The van der Waals surface area contributed by atoms with Gasteiger partial charge in [-0.05, 0) is 96.0 Å². The summed E-state index contributed by atoms with van der Waals surface area (Å²) in [5, 5.41) is 5.44. The molecular formula is C38H52F3N7O9S. The minimum atomic E-state index is -5.07. The predicted octanol–water partition coefficient (Wildman–Crippen LogP) is 3.43. The molecule has 0 bridgehead atoms. The summed E-state index contributed by atoms with van der Waals surface area (Å²) >= 11 is 0. The van der Waals surface area contributed by atoms with E-state index in [4.69, 9.17) is 9.47 Å². The highest BCUT2D eigenvalue weighted by Gasteiger charge is 2.62. The number of sulfonamides is 1. The van der Waals surface area contributed by atoms with Crippen LogP contribution in [0.5, 0.6) is 11.8 Å². The predicted molar refractivity (Wildman–Crippen MR) is 205 cm³/mol. The van der Waals surface area contributed by atoms with Crippen molar-refractivity contribution in [1.82, 2.24) is 30.1 Å². The first-order chi connectivity index (χ1) is 27.0. The van der Waals surface area contributed by atoms with Gasteiger partial charge in [0.25, 0.3) is 5.91 Å². The molecule has 58 heavy (non-hydrogen) atoms. The fourth-order valence-electron chi connectivity index (χ4n) is 7.60. The maximum absolute atomic E-state index is 14.6. The molecule has 320 valence electrons. The lowest BCUT2D eigenvalue weighted by Gasteiger charge is -2.32. The van der Waals surface area contributed by atoms with E-state index in [0.29, 0.717) is 55.1 Å². The van der Waals surface area contributed by atoms with Crippen LogP contribution in [0.25, 0.3) is 10.8 Å². The highest BCUT2D eigenvalue weighted by molar-refractivity contribution is 7.91. The third-order valence-corrected chi connectivity index (χ3v) is 12.6. The number of alkyl carbamates (subject to hydrolysis) is 1. The molecule has 5 atom stereocenters. The molecule has 4 fully saturated rings. The average molecular weight is 840 g/mol. The van der Waals surface area contributed by atoms with Gasteiger partial charge >= 0.3 is 12.5 Å². The second kappa shape index (κ2) is 16.2. The first-order valence-corrected chi connectivity index (χ1v) is 21.0. The number of carbonyl (C=O) groups excluding carboxylic acids is 4. The van der Waals surface area contributed by atoms with Crippen LogP contribution in [0, 0.1) is 5.92 Å². The van der Waals surface area contributed by atoms with Crippen molar-refractivity contribution in [3.8, 4) is 11.8 Å². The van der Waals surface area contributed by atoms with Gasteiger partial charge in [-0.3, -0.25) is 19.1 Å². The quantitative estimate of drug-likeness (QED) is 0.352. The van der Waals surface area contributed by atoms with Crippen molar-refractivity contribution in [2.75, 3.05) is 45.7 Å². The Morgan fingerprint density at radius 1 is 1.03 bits per heavy atom. The van der Waals surface area contributed by atoms with Crippen LogP contribution in [-0.2, 0) is 29.1 Å². The molecule has 16 nitrogen and oxygen atoms in total. The van der Waals surface area contributed by atoms with E-state index < -0.39 is 80.7 Å². The summed E-state index contributed by atoms with van der Waals surface area (Å²) in [7, 11) is 1.36. The van der Waals surface area contributed by atoms with Crippen molar-refractivity contribution < 1.29 is 55.0 Å². The number of nitrogens with zero attached hydrogens (tertiary/aromatic N) is 4. The van der Waals surface area contributed by atoms with E-state index in [1.165, 1.54) is 4.90 Å². The second-order valence-electron chi connectivity index (χ2n) is 16.9. The molecule has 2 aliphatic heterocycles. The molecule has 4 amide bonds. The second-order valence-corrected chi connectivity index (χ2v) is 18.9. The van der Waals surface area contributed by atoms with Crippen molar-refractivity contribution in [2.45, 2.75) is 113 Å². The number of nitrogens with one attached hydrogen (secondary N) is 3. The van der Waals surface area contributed by atoms with E-state index >= 15 is 0 Å². The van der Waals surface area contributed by atoms with Gasteiger partial charge in [-0.2, -0.15) is 4.98 Å². The minimum absolute atomic E-state index is 0.0413. The van der Waals surface area contributed by atoms with Crippen molar-refractivity contribution in [2.24, 2.45) is 5.92 Å². The number of hydrogen-bond donors (Lipinski definition) is 3. The smallest absolute Gasteiger partial charge is 0.472 e. The number of ether oxygens (including phenoxy) is 3. The zero-order valence-electron chi connectivity index (χ0n) is 33.5. The Hall–Kier alpha value is -4.59. The van der Waals surface area contributed by atoms with Gasteiger partial charge in [-0.15, -0.1) is 13.2 Å². The number of benzene rings is 1. The highest BCUT2D eigenvalue weighted by Crippen LogP contribution is 2.48. The molecule has 3 heterocycles. The van der Waals surface area contributed by atoms with Crippen molar-refractivity contribution in [1.29, 1.82) is 0 Å². The molecule has 2 saturated carbocycles. The summed E-state index contributed by atoms with van der Waals surface area (Å²) in [6.45, 7) is 5.32. The van der Waals surface area contributed by atoms with Gasteiger partial charge in [-0.1, -0.05) is 12.8 Å². The van der Waals surface area contributed by atoms with E-state index in [0.717, 1.165) is 12.5 Å². The van der Waals surface area contributed by atoms with Crippen LogP contribution >= 0.6 is 0 Å². The van der Waals surface area contributed by atoms with Gasteiger partial charge in [0.2, 0.25) is 33.6 Å². The first kappa shape index (κ1) is 43.0. The summed E-state index contributed by atoms with van der Waals surface area (Å²) < 4.78 is 84.2. The number of rotatable bonds is 8. The van der Waals surface area contributed by atoms with Crippen molar-refractivity contribution in [3.63, 3.8) is 0 Å². The van der Waals surface area contributed by atoms with Crippen LogP contribution in [0.1, 0.15) is 72.1 Å². The Bertz CT molecular complexity index is 2030. The molecule has 1 aromatic carbocycles. The molecule has 2 aromatic rings. The number of anilines is 1. The van der Waals surface area contributed by atoms with Crippen LogP contribution in [0.2, 0.25) is 0 Å². The lowest BCUT2D eigenvalue weighted by molar-refractivity contribution is -0.276. The molecule has 1 aromatic heterocycles. The molecule has 2 saturated heterocycles. The maximum atomic E-state index is 14.6. The van der Waals surface area contributed by atoms with Gasteiger partial charge in [-0.25, -0.2) is 13.2 Å². The molecule has 2 aliphatic carbocycles. The number of carbonyl (C=O) groups is 4. The SMILES string of the molecule is CN1CCCCC[C@@H]2C[C@@]2(C(=O)NS(=O)(=O)C2CC2)NC(=O)[C@@H]2C[C@@H](Oc3nc(OC(F)(F)F)cc4cc(N(C)C)ccc34)CN2C(=O)[C@@H](NC(=O)OC(C)(C)C)C1. The van der Waals surface area contributed by atoms with Crippen molar-refractivity contribution >= 4 is 50.3 Å². The Morgan fingerprint density at radius 2 is 1.76 bits per heavy atom. The molecule has 20 heteroatoms. The number of halogens is 3. The van der Waals surface area contributed by atoms with Gasteiger partial charge in [0.05, 0.1) is 11.8 Å². The van der Waals surface area contributed by atoms with Crippen LogP contribution in [0.4, 0.5) is 23.7 Å². The Morgan fingerprint density at radius 3 is 2.41 bits per heavy atom. The van der Waals surface area contributed by atoms with E-state index in [2.05, 4.69) is 25.1 Å². The van der Waals surface area contributed by atoms with E-state index in [1.54, 1.807) is 65.0 Å². The van der Waals surface area contributed by atoms with Gasteiger partial charge < -0.3 is 39.5 Å². The van der Waals surface area contributed by atoms with Gasteiger partial charge in [0.1, 0.15) is 29.3 Å². The zero-order valence-corrected chi connectivity index (χ0v) is 34.3. The molecule has 0 unspecified atom stereocenters. The van der Waals surface area contributed by atoms with Gasteiger partial charge in [0, 0.05) is 44.2 Å². The first-order valence-electron chi connectivity index (χ1n) is 19.4. The number of likely N-dealkylation sites (N-methyl/N-ethyl adjacent to an activating group) is 1. The lowest BCUT2D eigenvalue weighted by Crippen LogP contribution is -2.59. The van der Waals surface area contributed by atoms with E-state index in [1.807, 2.05) is 4.90 Å².